The average molecular weight is 268 g/mol. The van der Waals surface area contributed by atoms with Crippen molar-refractivity contribution in [3.8, 4) is 5.75 Å². The van der Waals surface area contributed by atoms with Crippen LogP contribution in [0.25, 0.3) is 0 Å². The second-order valence-electron chi connectivity index (χ2n) is 4.92. The minimum atomic E-state index is 0.349. The SMILES string of the molecule is CCCCCC(NC)c1cc(Cl)cc2c1OCC2. The molecule has 3 heteroatoms. The molecule has 1 aliphatic heterocycles. The molecular formula is C15H22ClNO. The summed E-state index contributed by atoms with van der Waals surface area (Å²) in [6.45, 7) is 3.02. The van der Waals surface area contributed by atoms with Crippen molar-refractivity contribution in [1.29, 1.82) is 0 Å². The molecule has 18 heavy (non-hydrogen) atoms. The molecule has 1 heterocycles. The molecule has 100 valence electrons. The minimum absolute atomic E-state index is 0.349. The minimum Gasteiger partial charge on any atom is -0.493 e. The predicted molar refractivity (Wildman–Crippen MR) is 76.6 cm³/mol. The zero-order valence-electron chi connectivity index (χ0n) is 11.3. The Morgan fingerprint density at radius 3 is 2.94 bits per heavy atom. The first-order valence-electron chi connectivity index (χ1n) is 6.88. The van der Waals surface area contributed by atoms with Gasteiger partial charge in [-0.25, -0.2) is 0 Å². The topological polar surface area (TPSA) is 21.3 Å². The van der Waals surface area contributed by atoms with Crippen molar-refractivity contribution in [2.75, 3.05) is 13.7 Å². The van der Waals surface area contributed by atoms with Crippen LogP contribution in [0.3, 0.4) is 0 Å². The van der Waals surface area contributed by atoms with Crippen LogP contribution in [0.5, 0.6) is 5.75 Å². The van der Waals surface area contributed by atoms with Crippen molar-refractivity contribution in [2.24, 2.45) is 0 Å². The van der Waals surface area contributed by atoms with Gasteiger partial charge in [-0.15, -0.1) is 0 Å². The van der Waals surface area contributed by atoms with E-state index in [1.165, 1.54) is 30.4 Å². The molecule has 0 radical (unpaired) electrons. The van der Waals surface area contributed by atoms with Crippen molar-refractivity contribution < 1.29 is 4.74 Å². The van der Waals surface area contributed by atoms with Gasteiger partial charge in [-0.2, -0.15) is 0 Å². The molecule has 0 fully saturated rings. The van der Waals surface area contributed by atoms with Gasteiger partial charge >= 0.3 is 0 Å². The Hall–Kier alpha value is -0.730. The Bertz CT molecular complexity index is 406. The van der Waals surface area contributed by atoms with Crippen LogP contribution in [-0.2, 0) is 6.42 Å². The number of halogens is 1. The molecule has 1 aromatic rings. The third-order valence-electron chi connectivity index (χ3n) is 3.60. The Kier molecular flexibility index (Phi) is 4.90. The normalized spacial score (nSPS) is 15.3. The first kappa shape index (κ1) is 13.7. The molecular weight excluding hydrogens is 246 g/mol. The standard InChI is InChI=1S/C15H22ClNO/c1-3-4-5-6-14(17-2)13-10-12(16)9-11-7-8-18-15(11)13/h9-10,14,17H,3-8H2,1-2H3. The third-order valence-corrected chi connectivity index (χ3v) is 3.82. The molecule has 0 spiro atoms. The van der Waals surface area contributed by atoms with E-state index in [2.05, 4.69) is 18.3 Å². The van der Waals surface area contributed by atoms with Crippen molar-refractivity contribution in [1.82, 2.24) is 5.32 Å². The summed E-state index contributed by atoms with van der Waals surface area (Å²) >= 11 is 6.21. The van der Waals surface area contributed by atoms with Crippen LogP contribution in [0.1, 0.15) is 49.8 Å². The summed E-state index contributed by atoms with van der Waals surface area (Å²) in [5, 5.41) is 4.22. The molecule has 0 bridgehead atoms. The van der Waals surface area contributed by atoms with Crippen LogP contribution in [0.15, 0.2) is 12.1 Å². The van der Waals surface area contributed by atoms with Crippen molar-refractivity contribution in [2.45, 2.75) is 45.1 Å². The number of nitrogens with one attached hydrogen (secondary N) is 1. The number of hydrogen-bond donors (Lipinski definition) is 1. The highest BCUT2D eigenvalue weighted by Crippen LogP contribution is 2.37. The number of unbranched alkanes of at least 4 members (excludes halogenated alkanes) is 2. The molecule has 1 unspecified atom stereocenters. The van der Waals surface area contributed by atoms with Gasteiger partial charge in [0.25, 0.3) is 0 Å². The van der Waals surface area contributed by atoms with Gasteiger partial charge in [0.1, 0.15) is 5.75 Å². The lowest BCUT2D eigenvalue weighted by Gasteiger charge is -2.19. The smallest absolute Gasteiger partial charge is 0.127 e. The predicted octanol–water partition coefficient (Wildman–Crippen LogP) is 4.12. The summed E-state index contributed by atoms with van der Waals surface area (Å²) < 4.78 is 5.78. The van der Waals surface area contributed by atoms with Crippen LogP contribution in [-0.4, -0.2) is 13.7 Å². The Morgan fingerprint density at radius 1 is 1.39 bits per heavy atom. The monoisotopic (exact) mass is 267 g/mol. The summed E-state index contributed by atoms with van der Waals surface area (Å²) in [6, 6.07) is 4.44. The fraction of sp³-hybridized carbons (Fsp3) is 0.600. The maximum Gasteiger partial charge on any atom is 0.127 e. The lowest BCUT2D eigenvalue weighted by Crippen LogP contribution is -2.17. The lowest BCUT2D eigenvalue weighted by molar-refractivity contribution is 0.347. The van der Waals surface area contributed by atoms with E-state index >= 15 is 0 Å². The summed E-state index contributed by atoms with van der Waals surface area (Å²) in [7, 11) is 2.01. The number of fused-ring (bicyclic) bond motifs is 1. The Morgan fingerprint density at radius 2 is 2.22 bits per heavy atom. The summed E-state index contributed by atoms with van der Waals surface area (Å²) in [5.41, 5.74) is 2.49. The van der Waals surface area contributed by atoms with Gasteiger partial charge in [0.2, 0.25) is 0 Å². The van der Waals surface area contributed by atoms with Gasteiger partial charge in [-0.3, -0.25) is 0 Å². The lowest BCUT2D eigenvalue weighted by atomic mass is 9.97. The second kappa shape index (κ2) is 6.44. The van der Waals surface area contributed by atoms with Gasteiger partial charge in [0.15, 0.2) is 0 Å². The molecule has 0 saturated heterocycles. The number of rotatable bonds is 6. The molecule has 0 aromatic heterocycles. The molecule has 1 aliphatic rings. The highest BCUT2D eigenvalue weighted by atomic mass is 35.5. The molecule has 1 atom stereocenters. The largest absolute Gasteiger partial charge is 0.493 e. The van der Waals surface area contributed by atoms with Crippen LogP contribution < -0.4 is 10.1 Å². The molecule has 0 saturated carbocycles. The fourth-order valence-electron chi connectivity index (χ4n) is 2.61. The van der Waals surface area contributed by atoms with E-state index in [0.717, 1.165) is 30.2 Å². The maximum atomic E-state index is 6.21. The molecule has 1 aromatic carbocycles. The van der Waals surface area contributed by atoms with Gasteiger partial charge in [-0.1, -0.05) is 37.8 Å². The van der Waals surface area contributed by atoms with Crippen LogP contribution >= 0.6 is 11.6 Å². The third kappa shape index (κ3) is 2.99. The summed E-state index contributed by atoms with van der Waals surface area (Å²) in [4.78, 5) is 0. The highest BCUT2D eigenvalue weighted by Gasteiger charge is 2.22. The van der Waals surface area contributed by atoms with Crippen LogP contribution in [0.2, 0.25) is 5.02 Å². The molecule has 0 amide bonds. The molecule has 2 nitrogen and oxygen atoms in total. The second-order valence-corrected chi connectivity index (χ2v) is 5.36. The average Bonchev–Trinajstić information content (AvgIpc) is 2.82. The molecule has 2 rings (SSSR count). The van der Waals surface area contributed by atoms with Crippen molar-refractivity contribution >= 4 is 11.6 Å². The number of benzene rings is 1. The van der Waals surface area contributed by atoms with E-state index in [4.69, 9.17) is 16.3 Å². The number of hydrogen-bond acceptors (Lipinski definition) is 2. The zero-order valence-corrected chi connectivity index (χ0v) is 12.0. The van der Waals surface area contributed by atoms with Gasteiger partial charge in [0.05, 0.1) is 6.61 Å². The Balaban J connectivity index is 2.19. The Labute approximate surface area is 115 Å². The maximum absolute atomic E-state index is 6.21. The highest BCUT2D eigenvalue weighted by molar-refractivity contribution is 6.30. The zero-order chi connectivity index (χ0) is 13.0. The van der Waals surface area contributed by atoms with Crippen molar-refractivity contribution in [3.05, 3.63) is 28.3 Å². The van der Waals surface area contributed by atoms with E-state index in [1.54, 1.807) is 0 Å². The van der Waals surface area contributed by atoms with E-state index in [-0.39, 0.29) is 0 Å². The first-order valence-corrected chi connectivity index (χ1v) is 7.26. The van der Waals surface area contributed by atoms with E-state index < -0.39 is 0 Å². The van der Waals surface area contributed by atoms with Gasteiger partial charge in [-0.05, 0) is 31.2 Å². The first-order chi connectivity index (χ1) is 8.76. The van der Waals surface area contributed by atoms with E-state index in [0.29, 0.717) is 6.04 Å². The van der Waals surface area contributed by atoms with E-state index in [9.17, 15) is 0 Å². The molecule has 0 aliphatic carbocycles. The number of ether oxygens (including phenoxy) is 1. The summed E-state index contributed by atoms with van der Waals surface area (Å²) in [6.07, 6.45) is 5.89. The summed E-state index contributed by atoms with van der Waals surface area (Å²) in [5.74, 6) is 1.07. The van der Waals surface area contributed by atoms with Crippen molar-refractivity contribution in [3.63, 3.8) is 0 Å². The van der Waals surface area contributed by atoms with Gasteiger partial charge < -0.3 is 10.1 Å². The van der Waals surface area contributed by atoms with Gasteiger partial charge in [0, 0.05) is 23.0 Å². The van der Waals surface area contributed by atoms with Crippen LogP contribution in [0.4, 0.5) is 0 Å². The fourth-order valence-corrected chi connectivity index (χ4v) is 2.86. The van der Waals surface area contributed by atoms with E-state index in [1.807, 2.05) is 13.1 Å². The molecule has 1 N–H and O–H groups in total. The van der Waals surface area contributed by atoms with Crippen LogP contribution in [0, 0.1) is 0 Å². The quantitative estimate of drug-likeness (QED) is 0.783.